The number of rotatable bonds is 10. The van der Waals surface area contributed by atoms with Crippen molar-refractivity contribution in [1.82, 2.24) is 19.6 Å². The van der Waals surface area contributed by atoms with E-state index in [1.54, 1.807) is 71.9 Å². The van der Waals surface area contributed by atoms with Crippen LogP contribution in [0.3, 0.4) is 0 Å². The number of ether oxygens (including phenoxy) is 2. The molecule has 2 aromatic rings. The second-order valence-corrected chi connectivity index (χ2v) is 17.9. The summed E-state index contributed by atoms with van der Waals surface area (Å²) in [5, 5.41) is 2.92. The molecule has 16 nitrogen and oxygen atoms in total. The molecule has 2 fully saturated rings. The maximum Gasteiger partial charge on any atom is 0.424 e. The first-order valence-electron chi connectivity index (χ1n) is 21.1. The van der Waals surface area contributed by atoms with E-state index in [4.69, 9.17) is 9.47 Å². The quantitative estimate of drug-likeness (QED) is 0.162. The number of nitrogens with one attached hydrogen (secondary N) is 1. The number of hydrogen-bond donors (Lipinski definition) is 1. The Morgan fingerprint density at radius 2 is 1.15 bits per heavy atom. The van der Waals surface area contributed by atoms with Crippen LogP contribution in [0.2, 0.25) is 0 Å². The first-order valence-corrected chi connectivity index (χ1v) is 21.1. The molecule has 2 saturated heterocycles. The van der Waals surface area contributed by atoms with Gasteiger partial charge in [0, 0.05) is 66.7 Å². The van der Waals surface area contributed by atoms with E-state index in [0.717, 1.165) is 25.7 Å². The molecule has 9 amide bonds. The maximum absolute atomic E-state index is 13.5. The molecule has 6 rings (SSSR count). The zero-order chi connectivity index (χ0) is 45.1. The van der Waals surface area contributed by atoms with E-state index in [0.29, 0.717) is 56.1 Å². The maximum atomic E-state index is 13.5. The van der Waals surface area contributed by atoms with Crippen LogP contribution in [0.5, 0.6) is 0 Å². The molecule has 4 aliphatic heterocycles. The largest absolute Gasteiger partial charge is 0.443 e. The van der Waals surface area contributed by atoms with Crippen LogP contribution in [0, 0.1) is 11.8 Å². The zero-order valence-electron chi connectivity index (χ0n) is 36.1. The molecule has 4 heterocycles. The fourth-order valence-electron chi connectivity index (χ4n) is 7.96. The highest BCUT2D eigenvalue weighted by Crippen LogP contribution is 2.35. The van der Waals surface area contributed by atoms with Gasteiger partial charge in [-0.25, -0.2) is 9.59 Å². The SMILES string of the molecule is CC(C)(C)OC(=O)N1C(=O)CCC(N2Cc3c(C#CCCCCCCCC(=O)Nc4cccc5c4CN(C4CCC(=O)N(C(=O)OC(C)(C)C)C4=O)C5=O)cccc3C2=O)C1=O. The molecule has 1 N–H and O–H groups in total. The molecule has 328 valence electrons. The molecular formula is C46H53N5O11. The number of carbonyl (C=O) groups is 9. The summed E-state index contributed by atoms with van der Waals surface area (Å²) in [6.45, 7) is 9.94. The van der Waals surface area contributed by atoms with Crippen molar-refractivity contribution in [2.45, 2.75) is 149 Å². The Labute approximate surface area is 360 Å². The van der Waals surface area contributed by atoms with E-state index >= 15 is 0 Å². The normalized spacial score (nSPS) is 19.0. The summed E-state index contributed by atoms with van der Waals surface area (Å²) in [6, 6.07) is 8.21. The lowest BCUT2D eigenvalue weighted by atomic mass is 10.0. The lowest BCUT2D eigenvalue weighted by Crippen LogP contribution is -2.57. The van der Waals surface area contributed by atoms with Crippen LogP contribution in [0.15, 0.2) is 36.4 Å². The van der Waals surface area contributed by atoms with Gasteiger partial charge in [0.05, 0.1) is 0 Å². The highest BCUT2D eigenvalue weighted by molar-refractivity contribution is 6.15. The lowest BCUT2D eigenvalue weighted by molar-refractivity contribution is -0.152. The number of amides is 9. The Morgan fingerprint density at radius 1 is 0.661 bits per heavy atom. The number of nitrogens with zero attached hydrogens (tertiary/aromatic N) is 4. The molecule has 0 radical (unpaired) electrons. The number of unbranched alkanes of at least 4 members (excludes halogenated alkanes) is 5. The van der Waals surface area contributed by atoms with Gasteiger partial charge in [-0.15, -0.1) is 0 Å². The van der Waals surface area contributed by atoms with E-state index in [2.05, 4.69) is 17.2 Å². The number of benzene rings is 2. The van der Waals surface area contributed by atoms with Gasteiger partial charge in [0.15, 0.2) is 0 Å². The Balaban J connectivity index is 0.938. The second-order valence-electron chi connectivity index (χ2n) is 17.9. The highest BCUT2D eigenvalue weighted by Gasteiger charge is 2.48. The monoisotopic (exact) mass is 851 g/mol. The topological polar surface area (TPSA) is 197 Å². The van der Waals surface area contributed by atoms with Gasteiger partial charge in [-0.1, -0.05) is 43.2 Å². The minimum Gasteiger partial charge on any atom is -0.443 e. The average Bonchev–Trinajstić information content (AvgIpc) is 3.69. The predicted molar refractivity (Wildman–Crippen MR) is 223 cm³/mol. The third-order valence-corrected chi connectivity index (χ3v) is 10.9. The molecule has 0 saturated carbocycles. The molecule has 2 unspecified atom stereocenters. The van der Waals surface area contributed by atoms with Gasteiger partial charge in [-0.3, -0.25) is 33.6 Å². The molecule has 0 aliphatic carbocycles. The Morgan fingerprint density at radius 3 is 1.69 bits per heavy atom. The number of anilines is 1. The van der Waals surface area contributed by atoms with Gasteiger partial charge in [0.1, 0.15) is 23.3 Å². The molecular weight excluding hydrogens is 799 g/mol. The van der Waals surface area contributed by atoms with Crippen molar-refractivity contribution in [3.05, 3.63) is 64.2 Å². The van der Waals surface area contributed by atoms with Gasteiger partial charge >= 0.3 is 12.2 Å². The van der Waals surface area contributed by atoms with Gasteiger partial charge in [-0.2, -0.15) is 9.80 Å². The minimum atomic E-state index is -1.07. The number of fused-ring (bicyclic) bond motifs is 2. The third kappa shape index (κ3) is 10.0. The van der Waals surface area contributed by atoms with E-state index in [-0.39, 0.29) is 57.0 Å². The predicted octanol–water partition coefficient (Wildman–Crippen LogP) is 6.22. The van der Waals surface area contributed by atoms with Crippen LogP contribution in [0.4, 0.5) is 15.3 Å². The van der Waals surface area contributed by atoms with Crippen molar-refractivity contribution in [1.29, 1.82) is 0 Å². The van der Waals surface area contributed by atoms with Crippen LogP contribution >= 0.6 is 0 Å². The highest BCUT2D eigenvalue weighted by atomic mass is 16.6. The van der Waals surface area contributed by atoms with E-state index in [9.17, 15) is 43.2 Å². The van der Waals surface area contributed by atoms with Gasteiger partial charge < -0.3 is 24.6 Å². The van der Waals surface area contributed by atoms with E-state index < -0.39 is 65.0 Å². The molecule has 0 aromatic heterocycles. The molecule has 2 aromatic carbocycles. The van der Waals surface area contributed by atoms with Crippen molar-refractivity contribution >= 4 is 59.2 Å². The zero-order valence-corrected chi connectivity index (χ0v) is 36.1. The van der Waals surface area contributed by atoms with Gasteiger partial charge in [0.2, 0.25) is 17.7 Å². The standard InChI is InChI=1S/C46H53N5O11/c1-45(2,3)61-43(59)50-37(53)24-22-34(41(50)57)48-26-31-28(17-14-18-29(31)39(48)55)16-12-10-8-7-9-11-13-21-36(52)47-33-20-15-19-30-32(33)27-49(40(30)56)35-23-25-38(54)51(42(35)58)44(60)62-46(4,5)6/h14-15,17-20,34-35H,7-11,13,21-27H2,1-6H3,(H,47,52). The van der Waals surface area contributed by atoms with Crippen LogP contribution in [-0.4, -0.2) is 96.4 Å². The molecule has 2 atom stereocenters. The van der Waals surface area contributed by atoms with E-state index in [1.165, 1.54) is 9.80 Å². The molecule has 62 heavy (non-hydrogen) atoms. The van der Waals surface area contributed by atoms with E-state index in [1.807, 2.05) is 6.07 Å². The number of piperidine rings is 2. The molecule has 4 aliphatic rings. The Bertz CT molecular complexity index is 2280. The van der Waals surface area contributed by atoms with Crippen molar-refractivity contribution in [2.24, 2.45) is 0 Å². The Kier molecular flexibility index (Phi) is 13.3. The van der Waals surface area contributed by atoms with Crippen LogP contribution in [0.1, 0.15) is 150 Å². The van der Waals surface area contributed by atoms with Crippen molar-refractivity contribution < 1.29 is 52.6 Å². The summed E-state index contributed by atoms with van der Waals surface area (Å²) < 4.78 is 10.6. The van der Waals surface area contributed by atoms with Crippen LogP contribution in [-0.2, 0) is 46.5 Å². The first kappa shape index (κ1) is 45.2. The fourth-order valence-corrected chi connectivity index (χ4v) is 7.96. The van der Waals surface area contributed by atoms with Crippen molar-refractivity contribution in [3.8, 4) is 11.8 Å². The summed E-state index contributed by atoms with van der Waals surface area (Å²) in [4.78, 5) is 121. The first-order chi connectivity index (χ1) is 29.3. The third-order valence-electron chi connectivity index (χ3n) is 10.9. The molecule has 0 spiro atoms. The number of imide groups is 6. The number of hydrogen-bond acceptors (Lipinski definition) is 11. The Hall–Kier alpha value is -6.37. The second kappa shape index (κ2) is 18.3. The van der Waals surface area contributed by atoms with Crippen LogP contribution in [0.25, 0.3) is 0 Å². The summed E-state index contributed by atoms with van der Waals surface area (Å²) in [5.41, 5.74) is 1.34. The van der Waals surface area contributed by atoms with Crippen molar-refractivity contribution in [2.75, 3.05) is 5.32 Å². The van der Waals surface area contributed by atoms with Crippen LogP contribution < -0.4 is 5.32 Å². The molecule has 0 bridgehead atoms. The summed E-state index contributed by atoms with van der Waals surface area (Å²) in [6.07, 6.45) is 2.83. The summed E-state index contributed by atoms with van der Waals surface area (Å²) in [5.74, 6) is 2.46. The van der Waals surface area contributed by atoms with Gasteiger partial charge in [-0.05, 0) is 97.1 Å². The average molecular weight is 852 g/mol. The number of carbonyl (C=O) groups excluding carboxylic acids is 9. The smallest absolute Gasteiger partial charge is 0.424 e. The van der Waals surface area contributed by atoms with Crippen molar-refractivity contribution in [3.63, 3.8) is 0 Å². The molecule has 16 heteroatoms. The summed E-state index contributed by atoms with van der Waals surface area (Å²) >= 11 is 0. The summed E-state index contributed by atoms with van der Waals surface area (Å²) in [7, 11) is 0. The fraction of sp³-hybridized carbons (Fsp3) is 0.500. The lowest BCUT2D eigenvalue weighted by Gasteiger charge is -2.35. The minimum absolute atomic E-state index is 0.0322. The number of likely N-dealkylation sites (tertiary alicyclic amines) is 2. The van der Waals surface area contributed by atoms with Gasteiger partial charge in [0.25, 0.3) is 23.6 Å².